The summed E-state index contributed by atoms with van der Waals surface area (Å²) in [6, 6.07) is 5.28. The Morgan fingerprint density at radius 2 is 2.28 bits per heavy atom. The molecule has 98 valence electrons. The fraction of sp³-hybridized carbons (Fsp3) is 0.571. The van der Waals surface area contributed by atoms with E-state index in [1.54, 1.807) is 6.07 Å². The zero-order valence-corrected chi connectivity index (χ0v) is 10.4. The highest BCUT2D eigenvalue weighted by atomic mass is 19.1. The van der Waals surface area contributed by atoms with Crippen molar-refractivity contribution in [3.05, 3.63) is 29.6 Å². The maximum atomic E-state index is 13.3. The van der Waals surface area contributed by atoms with Crippen LogP contribution >= 0.6 is 0 Å². The second kappa shape index (κ2) is 4.86. The average Bonchev–Trinajstić information content (AvgIpc) is 2.76. The molecule has 2 atom stereocenters. The summed E-state index contributed by atoms with van der Waals surface area (Å²) < 4.78 is 13.3. The molecule has 2 N–H and O–H groups in total. The van der Waals surface area contributed by atoms with E-state index in [1.807, 2.05) is 0 Å². The molecule has 0 aliphatic carbocycles. The van der Waals surface area contributed by atoms with Crippen LogP contribution in [-0.4, -0.2) is 35.7 Å². The van der Waals surface area contributed by atoms with E-state index >= 15 is 0 Å². The molecule has 2 heterocycles. The van der Waals surface area contributed by atoms with Crippen molar-refractivity contribution in [3.8, 4) is 5.75 Å². The van der Waals surface area contributed by atoms with Gasteiger partial charge in [-0.25, -0.2) is 4.39 Å². The number of rotatable bonds is 2. The van der Waals surface area contributed by atoms with E-state index in [1.165, 1.54) is 25.0 Å². The molecule has 0 aromatic heterocycles. The van der Waals surface area contributed by atoms with E-state index in [0.717, 1.165) is 37.7 Å². The number of fused-ring (bicyclic) bond motifs is 1. The summed E-state index contributed by atoms with van der Waals surface area (Å²) >= 11 is 0. The fourth-order valence-electron chi connectivity index (χ4n) is 3.17. The van der Waals surface area contributed by atoms with Crippen LogP contribution < -0.4 is 5.32 Å². The standard InChI is InChI=1S/C14H19FN2O/c15-12-6-10(3-4-14(12)18)7-17-8-11-2-1-5-16-13(11)9-17/h3-4,6,11,13,16,18H,1-2,5,7-9H2/t11-,13+/m0/s1. The van der Waals surface area contributed by atoms with Gasteiger partial charge in [0.05, 0.1) is 0 Å². The molecule has 0 unspecified atom stereocenters. The second-order valence-electron chi connectivity index (χ2n) is 5.44. The van der Waals surface area contributed by atoms with Crippen LogP contribution in [0.15, 0.2) is 18.2 Å². The Morgan fingerprint density at radius 3 is 3.06 bits per heavy atom. The lowest BCUT2D eigenvalue weighted by Gasteiger charge is -2.24. The maximum absolute atomic E-state index is 13.3. The van der Waals surface area contributed by atoms with Gasteiger partial charge in [-0.2, -0.15) is 0 Å². The lowest BCUT2D eigenvalue weighted by molar-refractivity contribution is 0.312. The van der Waals surface area contributed by atoms with Crippen molar-refractivity contribution in [1.82, 2.24) is 10.2 Å². The van der Waals surface area contributed by atoms with Gasteiger partial charge in [-0.1, -0.05) is 6.07 Å². The predicted molar refractivity (Wildman–Crippen MR) is 67.9 cm³/mol. The molecule has 2 aliphatic rings. The monoisotopic (exact) mass is 250 g/mol. The largest absolute Gasteiger partial charge is 0.505 e. The van der Waals surface area contributed by atoms with Crippen molar-refractivity contribution in [3.63, 3.8) is 0 Å². The molecule has 2 fully saturated rings. The van der Waals surface area contributed by atoms with Crippen molar-refractivity contribution < 1.29 is 9.50 Å². The number of likely N-dealkylation sites (tertiary alicyclic amines) is 1. The summed E-state index contributed by atoms with van der Waals surface area (Å²) in [7, 11) is 0. The quantitative estimate of drug-likeness (QED) is 0.839. The van der Waals surface area contributed by atoms with Crippen LogP contribution in [0.1, 0.15) is 18.4 Å². The van der Waals surface area contributed by atoms with Crippen LogP contribution in [0.3, 0.4) is 0 Å². The first-order valence-corrected chi connectivity index (χ1v) is 6.65. The highest BCUT2D eigenvalue weighted by Crippen LogP contribution is 2.26. The summed E-state index contributed by atoms with van der Waals surface area (Å²) in [6.45, 7) is 4.04. The van der Waals surface area contributed by atoms with E-state index in [9.17, 15) is 9.50 Å². The van der Waals surface area contributed by atoms with Gasteiger partial charge in [0.25, 0.3) is 0 Å². The van der Waals surface area contributed by atoms with E-state index in [-0.39, 0.29) is 5.75 Å². The topological polar surface area (TPSA) is 35.5 Å². The number of phenolic OH excluding ortho intramolecular Hbond substituents is 1. The first kappa shape index (κ1) is 11.9. The molecule has 0 saturated carbocycles. The Hall–Kier alpha value is -1.13. The highest BCUT2D eigenvalue weighted by molar-refractivity contribution is 5.28. The molecule has 1 aromatic carbocycles. The molecular formula is C14H19FN2O. The number of halogens is 1. The number of hydrogen-bond donors (Lipinski definition) is 2. The molecule has 2 saturated heterocycles. The van der Waals surface area contributed by atoms with Gasteiger partial charge >= 0.3 is 0 Å². The number of hydrogen-bond acceptors (Lipinski definition) is 3. The highest BCUT2D eigenvalue weighted by Gasteiger charge is 2.33. The molecule has 4 heteroatoms. The van der Waals surface area contributed by atoms with Crippen LogP contribution in [0, 0.1) is 11.7 Å². The Kier molecular flexibility index (Phi) is 3.22. The van der Waals surface area contributed by atoms with Crippen LogP contribution in [-0.2, 0) is 6.54 Å². The molecule has 1 aromatic rings. The van der Waals surface area contributed by atoms with Gasteiger partial charge in [-0.05, 0) is 43.0 Å². The lowest BCUT2D eigenvalue weighted by atomic mass is 9.94. The SMILES string of the molecule is Oc1ccc(CN2C[C@@H]3CCCN[C@@H]3C2)cc1F. The predicted octanol–water partition coefficient (Wildman–Crippen LogP) is 1.72. The molecule has 3 nitrogen and oxygen atoms in total. The van der Waals surface area contributed by atoms with Crippen molar-refractivity contribution in [2.24, 2.45) is 5.92 Å². The summed E-state index contributed by atoms with van der Waals surface area (Å²) in [5.41, 5.74) is 0.934. The van der Waals surface area contributed by atoms with Gasteiger partial charge in [0.1, 0.15) is 0 Å². The number of aromatic hydroxyl groups is 1. The number of phenols is 1. The zero-order chi connectivity index (χ0) is 12.5. The van der Waals surface area contributed by atoms with Gasteiger partial charge in [0, 0.05) is 25.7 Å². The van der Waals surface area contributed by atoms with Gasteiger partial charge < -0.3 is 10.4 Å². The lowest BCUT2D eigenvalue weighted by Crippen LogP contribution is -2.40. The Bertz CT molecular complexity index is 424. The van der Waals surface area contributed by atoms with Gasteiger partial charge in [0.2, 0.25) is 0 Å². The number of benzene rings is 1. The Labute approximate surface area is 107 Å². The van der Waals surface area contributed by atoms with Crippen molar-refractivity contribution in [2.45, 2.75) is 25.4 Å². The van der Waals surface area contributed by atoms with Crippen LogP contribution in [0.4, 0.5) is 4.39 Å². The molecule has 3 rings (SSSR count). The molecule has 0 radical (unpaired) electrons. The zero-order valence-electron chi connectivity index (χ0n) is 10.4. The minimum atomic E-state index is -0.526. The summed E-state index contributed by atoms with van der Waals surface area (Å²) in [6.07, 6.45) is 2.57. The van der Waals surface area contributed by atoms with Crippen molar-refractivity contribution in [2.75, 3.05) is 19.6 Å². The molecular weight excluding hydrogens is 231 g/mol. The maximum Gasteiger partial charge on any atom is 0.165 e. The number of piperidine rings is 1. The third-order valence-electron chi connectivity index (χ3n) is 4.09. The first-order chi connectivity index (χ1) is 8.72. The average molecular weight is 250 g/mol. The van der Waals surface area contributed by atoms with Gasteiger partial charge in [-0.15, -0.1) is 0 Å². The summed E-state index contributed by atoms with van der Waals surface area (Å²) in [4.78, 5) is 2.37. The molecule has 2 aliphatic heterocycles. The van der Waals surface area contributed by atoms with E-state index < -0.39 is 5.82 Å². The third kappa shape index (κ3) is 2.35. The molecule has 0 spiro atoms. The normalized spacial score (nSPS) is 28.3. The van der Waals surface area contributed by atoms with E-state index in [0.29, 0.717) is 6.04 Å². The van der Waals surface area contributed by atoms with Crippen LogP contribution in [0.25, 0.3) is 0 Å². The van der Waals surface area contributed by atoms with Crippen molar-refractivity contribution >= 4 is 0 Å². The summed E-state index contributed by atoms with van der Waals surface area (Å²) in [5, 5.41) is 12.7. The van der Waals surface area contributed by atoms with Crippen molar-refractivity contribution in [1.29, 1.82) is 0 Å². The van der Waals surface area contributed by atoms with Crippen LogP contribution in [0.2, 0.25) is 0 Å². The number of nitrogens with one attached hydrogen (secondary N) is 1. The summed E-state index contributed by atoms with van der Waals surface area (Å²) in [5.74, 6) is -0.0431. The minimum Gasteiger partial charge on any atom is -0.505 e. The van der Waals surface area contributed by atoms with Gasteiger partial charge in [0.15, 0.2) is 11.6 Å². The van der Waals surface area contributed by atoms with Crippen LogP contribution in [0.5, 0.6) is 5.75 Å². The second-order valence-corrected chi connectivity index (χ2v) is 5.44. The third-order valence-corrected chi connectivity index (χ3v) is 4.09. The fourth-order valence-corrected chi connectivity index (χ4v) is 3.17. The molecule has 18 heavy (non-hydrogen) atoms. The minimum absolute atomic E-state index is 0.268. The molecule has 0 amide bonds. The smallest absolute Gasteiger partial charge is 0.165 e. The Morgan fingerprint density at radius 1 is 1.39 bits per heavy atom. The number of nitrogens with zero attached hydrogens (tertiary/aromatic N) is 1. The first-order valence-electron chi connectivity index (χ1n) is 6.65. The van der Waals surface area contributed by atoms with E-state index in [2.05, 4.69) is 10.2 Å². The Balaban J connectivity index is 1.64. The van der Waals surface area contributed by atoms with E-state index in [4.69, 9.17) is 0 Å². The molecule has 0 bridgehead atoms. The van der Waals surface area contributed by atoms with Gasteiger partial charge in [-0.3, -0.25) is 4.90 Å².